The lowest BCUT2D eigenvalue weighted by Crippen LogP contribution is -2.31. The first-order valence-electron chi connectivity index (χ1n) is 8.08. The largest absolute Gasteiger partial charge is 0.361 e. The van der Waals surface area contributed by atoms with Gasteiger partial charge in [-0.3, -0.25) is 14.9 Å². The minimum atomic E-state index is -0.541. The molecule has 1 heterocycles. The standard InChI is InChI=1S/C16H16Cl2N6O3/c1-23(8-13(25)21-14-10(17)3-2-4-11(14)18)16-19-7-12(24(26)27)15(22-16)20-9-5-6-9/h2-4,7,9H,5-6,8H2,1H3,(H,21,25)(H,19,20,22). The second-order valence-corrected chi connectivity index (χ2v) is 6.89. The van der Waals surface area contributed by atoms with E-state index in [0.717, 1.165) is 19.0 Å². The number of nitro groups is 1. The van der Waals surface area contributed by atoms with E-state index >= 15 is 0 Å². The Kier molecular flexibility index (Phi) is 5.62. The van der Waals surface area contributed by atoms with Gasteiger partial charge in [0.2, 0.25) is 17.7 Å². The number of halogens is 2. The molecule has 0 saturated heterocycles. The Morgan fingerprint density at radius 2 is 2.04 bits per heavy atom. The second-order valence-electron chi connectivity index (χ2n) is 6.08. The summed E-state index contributed by atoms with van der Waals surface area (Å²) in [6.07, 6.45) is 3.01. The molecule has 142 valence electrons. The molecule has 1 fully saturated rings. The third-order valence-corrected chi connectivity index (χ3v) is 4.45. The number of amides is 1. The Bertz CT molecular complexity index is 870. The first-order valence-corrected chi connectivity index (χ1v) is 8.83. The lowest BCUT2D eigenvalue weighted by atomic mass is 10.3. The molecule has 0 atom stereocenters. The summed E-state index contributed by atoms with van der Waals surface area (Å²) in [4.78, 5) is 32.5. The minimum Gasteiger partial charge on any atom is -0.361 e. The maximum Gasteiger partial charge on any atom is 0.329 e. The molecule has 9 nitrogen and oxygen atoms in total. The molecule has 1 amide bonds. The molecule has 0 radical (unpaired) electrons. The fourth-order valence-corrected chi connectivity index (χ4v) is 2.79. The second kappa shape index (κ2) is 7.93. The summed E-state index contributed by atoms with van der Waals surface area (Å²) in [5.74, 6) is -0.0517. The van der Waals surface area contributed by atoms with Gasteiger partial charge in [-0.2, -0.15) is 4.98 Å². The summed E-state index contributed by atoms with van der Waals surface area (Å²) in [7, 11) is 1.61. The van der Waals surface area contributed by atoms with Crippen LogP contribution < -0.4 is 15.5 Å². The zero-order chi connectivity index (χ0) is 19.6. The molecule has 27 heavy (non-hydrogen) atoms. The molecule has 1 aliphatic carbocycles. The highest BCUT2D eigenvalue weighted by atomic mass is 35.5. The zero-order valence-electron chi connectivity index (χ0n) is 14.3. The van der Waals surface area contributed by atoms with Crippen LogP contribution in [-0.4, -0.2) is 40.4 Å². The maximum absolute atomic E-state index is 12.3. The number of nitrogens with zero attached hydrogens (tertiary/aromatic N) is 4. The van der Waals surface area contributed by atoms with Crippen molar-refractivity contribution in [2.75, 3.05) is 29.1 Å². The molecule has 11 heteroatoms. The van der Waals surface area contributed by atoms with Gasteiger partial charge in [0.1, 0.15) is 6.20 Å². The van der Waals surface area contributed by atoms with E-state index in [1.54, 1.807) is 25.2 Å². The molecule has 3 rings (SSSR count). The van der Waals surface area contributed by atoms with Crippen LogP contribution in [0.15, 0.2) is 24.4 Å². The molecule has 0 unspecified atom stereocenters. The summed E-state index contributed by atoms with van der Waals surface area (Å²) in [6.45, 7) is -0.0950. The quantitative estimate of drug-likeness (QED) is 0.531. The van der Waals surface area contributed by atoms with Crippen LogP contribution >= 0.6 is 23.2 Å². The number of hydrogen-bond donors (Lipinski definition) is 2. The van der Waals surface area contributed by atoms with Crippen molar-refractivity contribution in [3.63, 3.8) is 0 Å². The van der Waals surface area contributed by atoms with E-state index in [0.29, 0.717) is 15.7 Å². The number of nitrogens with one attached hydrogen (secondary N) is 2. The summed E-state index contributed by atoms with van der Waals surface area (Å²) < 4.78 is 0. The Morgan fingerprint density at radius 1 is 1.37 bits per heavy atom. The number of benzene rings is 1. The minimum absolute atomic E-state index is 0.0950. The van der Waals surface area contributed by atoms with E-state index in [4.69, 9.17) is 23.2 Å². The molecular weight excluding hydrogens is 395 g/mol. The van der Waals surface area contributed by atoms with Crippen LogP contribution in [0.5, 0.6) is 0 Å². The third kappa shape index (κ3) is 4.75. The molecule has 2 aromatic rings. The molecule has 1 aromatic heterocycles. The van der Waals surface area contributed by atoms with Crippen molar-refractivity contribution in [2.24, 2.45) is 0 Å². The zero-order valence-corrected chi connectivity index (χ0v) is 15.8. The molecule has 1 saturated carbocycles. The molecule has 0 bridgehead atoms. The van der Waals surface area contributed by atoms with Gasteiger partial charge >= 0.3 is 5.69 Å². The van der Waals surface area contributed by atoms with E-state index in [1.165, 1.54) is 4.90 Å². The number of carbonyl (C=O) groups is 1. The predicted octanol–water partition coefficient (Wildman–Crippen LogP) is 3.34. The van der Waals surface area contributed by atoms with Gasteiger partial charge < -0.3 is 15.5 Å². The summed E-state index contributed by atoms with van der Waals surface area (Å²) >= 11 is 12.1. The third-order valence-electron chi connectivity index (χ3n) is 3.82. The number of aromatic nitrogens is 2. The van der Waals surface area contributed by atoms with E-state index in [1.807, 2.05) is 0 Å². The van der Waals surface area contributed by atoms with Crippen LogP contribution in [0, 0.1) is 10.1 Å². The highest BCUT2D eigenvalue weighted by molar-refractivity contribution is 6.39. The monoisotopic (exact) mass is 410 g/mol. The van der Waals surface area contributed by atoms with Gasteiger partial charge in [0, 0.05) is 13.1 Å². The Labute approximate surface area is 164 Å². The van der Waals surface area contributed by atoms with Crippen molar-refractivity contribution in [3.05, 3.63) is 44.6 Å². The van der Waals surface area contributed by atoms with Crippen LogP contribution in [0.2, 0.25) is 10.0 Å². The van der Waals surface area contributed by atoms with Gasteiger partial charge in [-0.25, -0.2) is 4.98 Å². The van der Waals surface area contributed by atoms with Crippen molar-refractivity contribution in [1.29, 1.82) is 0 Å². The van der Waals surface area contributed by atoms with Crippen molar-refractivity contribution >= 4 is 52.3 Å². The molecule has 1 aromatic carbocycles. The van der Waals surface area contributed by atoms with Crippen LogP contribution in [-0.2, 0) is 4.79 Å². The lowest BCUT2D eigenvalue weighted by Gasteiger charge is -2.18. The smallest absolute Gasteiger partial charge is 0.329 e. The van der Waals surface area contributed by atoms with Crippen molar-refractivity contribution in [3.8, 4) is 0 Å². The van der Waals surface area contributed by atoms with E-state index in [-0.39, 0.29) is 35.9 Å². The number of carbonyl (C=O) groups excluding carboxylic acids is 1. The Balaban J connectivity index is 1.72. The number of rotatable bonds is 7. The average molecular weight is 411 g/mol. The van der Waals surface area contributed by atoms with Crippen LogP contribution in [0.3, 0.4) is 0 Å². The summed E-state index contributed by atoms with van der Waals surface area (Å²) in [5, 5.41) is 17.4. The van der Waals surface area contributed by atoms with Gasteiger partial charge in [0.15, 0.2) is 0 Å². The number of para-hydroxylation sites is 1. The molecule has 0 aliphatic heterocycles. The fourth-order valence-electron chi connectivity index (χ4n) is 2.29. The maximum atomic E-state index is 12.3. The van der Waals surface area contributed by atoms with Crippen molar-refractivity contribution in [2.45, 2.75) is 18.9 Å². The van der Waals surface area contributed by atoms with Crippen LogP contribution in [0.1, 0.15) is 12.8 Å². The molecule has 2 N–H and O–H groups in total. The number of anilines is 3. The van der Waals surface area contributed by atoms with Crippen LogP contribution in [0.4, 0.5) is 23.1 Å². The van der Waals surface area contributed by atoms with E-state index in [2.05, 4.69) is 20.6 Å². The molecular formula is C16H16Cl2N6O3. The first-order chi connectivity index (χ1) is 12.8. The van der Waals surface area contributed by atoms with Gasteiger partial charge in [0.25, 0.3) is 0 Å². The highest BCUT2D eigenvalue weighted by Gasteiger charge is 2.27. The summed E-state index contributed by atoms with van der Waals surface area (Å²) in [6, 6.07) is 5.08. The number of hydrogen-bond acceptors (Lipinski definition) is 7. The number of likely N-dealkylation sites (N-methyl/N-ethyl adjacent to an activating group) is 1. The molecule has 0 spiro atoms. The Morgan fingerprint density at radius 3 is 2.63 bits per heavy atom. The lowest BCUT2D eigenvalue weighted by molar-refractivity contribution is -0.384. The van der Waals surface area contributed by atoms with Crippen molar-refractivity contribution in [1.82, 2.24) is 9.97 Å². The van der Waals surface area contributed by atoms with Gasteiger partial charge in [-0.05, 0) is 25.0 Å². The van der Waals surface area contributed by atoms with E-state index in [9.17, 15) is 14.9 Å². The molecule has 1 aliphatic rings. The topological polar surface area (TPSA) is 113 Å². The normalized spacial score (nSPS) is 13.1. The highest BCUT2D eigenvalue weighted by Crippen LogP contribution is 2.31. The fraction of sp³-hybridized carbons (Fsp3) is 0.312. The first kappa shape index (κ1) is 19.1. The van der Waals surface area contributed by atoms with Crippen LogP contribution in [0.25, 0.3) is 0 Å². The van der Waals surface area contributed by atoms with Crippen molar-refractivity contribution < 1.29 is 9.72 Å². The van der Waals surface area contributed by atoms with Gasteiger partial charge in [-0.15, -0.1) is 0 Å². The van der Waals surface area contributed by atoms with Gasteiger partial charge in [-0.1, -0.05) is 29.3 Å². The average Bonchev–Trinajstić information content (AvgIpc) is 3.42. The van der Waals surface area contributed by atoms with E-state index < -0.39 is 4.92 Å². The predicted molar refractivity (Wildman–Crippen MR) is 104 cm³/mol. The summed E-state index contributed by atoms with van der Waals surface area (Å²) in [5.41, 5.74) is 0.117. The van der Waals surface area contributed by atoms with Gasteiger partial charge in [0.05, 0.1) is 27.2 Å². The Hall–Kier alpha value is -2.65. The SMILES string of the molecule is CN(CC(=O)Nc1c(Cl)cccc1Cl)c1ncc([N+](=O)[O-])c(NC2CC2)n1.